The fourth-order valence-corrected chi connectivity index (χ4v) is 4.25. The molecule has 1 aliphatic heterocycles. The van der Waals surface area contributed by atoms with E-state index in [0.29, 0.717) is 29.6 Å². The van der Waals surface area contributed by atoms with Gasteiger partial charge in [0.1, 0.15) is 5.75 Å². The van der Waals surface area contributed by atoms with Crippen molar-refractivity contribution in [2.45, 2.75) is 24.0 Å². The Kier molecular flexibility index (Phi) is 4.66. The van der Waals surface area contributed by atoms with Gasteiger partial charge in [0.15, 0.2) is 11.6 Å². The van der Waals surface area contributed by atoms with Crippen LogP contribution in [0.4, 0.5) is 5.82 Å². The first kappa shape index (κ1) is 17.1. The molecule has 2 aromatic heterocycles. The summed E-state index contributed by atoms with van der Waals surface area (Å²) < 4.78 is 7.05. The zero-order valence-electron chi connectivity index (χ0n) is 14.1. The van der Waals surface area contributed by atoms with Gasteiger partial charge in [-0.3, -0.25) is 4.40 Å². The van der Waals surface area contributed by atoms with Gasteiger partial charge in [-0.25, -0.2) is 4.98 Å². The molecule has 3 N–H and O–H groups in total. The maximum atomic E-state index is 10.2. The lowest BCUT2D eigenvalue weighted by Crippen LogP contribution is -2.25. The Morgan fingerprint density at radius 3 is 3.00 bits per heavy atom. The maximum absolute atomic E-state index is 10.2. The number of aliphatic hydroxyl groups is 2. The van der Waals surface area contributed by atoms with Crippen LogP contribution in [0.3, 0.4) is 0 Å². The second kappa shape index (κ2) is 7.10. The Labute approximate surface area is 154 Å². The molecular formula is C17H19N5O3S. The van der Waals surface area contributed by atoms with E-state index in [1.54, 1.807) is 23.9 Å². The third-order valence-electron chi connectivity index (χ3n) is 4.35. The van der Waals surface area contributed by atoms with Gasteiger partial charge >= 0.3 is 0 Å². The van der Waals surface area contributed by atoms with Gasteiger partial charge in [-0.15, -0.1) is 22.0 Å². The van der Waals surface area contributed by atoms with Crippen molar-refractivity contribution in [3.8, 4) is 5.75 Å². The summed E-state index contributed by atoms with van der Waals surface area (Å²) in [5.74, 6) is 2.49. The highest BCUT2D eigenvalue weighted by molar-refractivity contribution is 7.99. The summed E-state index contributed by atoms with van der Waals surface area (Å²) in [6, 6.07) is 7.78. The molecule has 1 saturated heterocycles. The third kappa shape index (κ3) is 3.09. The molecule has 0 saturated carbocycles. The van der Waals surface area contributed by atoms with Gasteiger partial charge in [-0.2, -0.15) is 0 Å². The first-order valence-electron chi connectivity index (χ1n) is 8.21. The monoisotopic (exact) mass is 373 g/mol. The van der Waals surface area contributed by atoms with Gasteiger partial charge in [0.05, 0.1) is 24.6 Å². The molecule has 4 rings (SSSR count). The highest BCUT2D eigenvalue weighted by Gasteiger charge is 2.38. The van der Waals surface area contributed by atoms with Crippen molar-refractivity contribution in [1.29, 1.82) is 0 Å². The van der Waals surface area contributed by atoms with Crippen LogP contribution >= 0.6 is 11.8 Å². The van der Waals surface area contributed by atoms with Crippen LogP contribution in [0.15, 0.2) is 36.7 Å². The van der Waals surface area contributed by atoms with Gasteiger partial charge in [-0.05, 0) is 17.7 Å². The van der Waals surface area contributed by atoms with E-state index in [4.69, 9.17) is 4.74 Å². The van der Waals surface area contributed by atoms with E-state index < -0.39 is 12.2 Å². The molecule has 0 aliphatic carbocycles. The number of benzene rings is 1. The number of ether oxygens (including phenoxy) is 1. The summed E-state index contributed by atoms with van der Waals surface area (Å²) in [6.45, 7) is 0.561. The van der Waals surface area contributed by atoms with Crippen LogP contribution in [0.5, 0.6) is 5.75 Å². The number of anilines is 1. The average Bonchev–Trinajstić information content (AvgIpc) is 3.24. The number of methoxy groups -OCH3 is 1. The summed E-state index contributed by atoms with van der Waals surface area (Å²) in [4.78, 5) is 4.35. The lowest BCUT2D eigenvalue weighted by molar-refractivity contribution is 0.0404. The van der Waals surface area contributed by atoms with Gasteiger partial charge in [0.25, 0.3) is 0 Å². The minimum atomic E-state index is -0.853. The zero-order chi connectivity index (χ0) is 18.1. The first-order valence-corrected chi connectivity index (χ1v) is 9.26. The van der Waals surface area contributed by atoms with Crippen molar-refractivity contribution < 1.29 is 14.9 Å². The van der Waals surface area contributed by atoms with Gasteiger partial charge in [0.2, 0.25) is 5.65 Å². The number of aromatic nitrogens is 4. The summed E-state index contributed by atoms with van der Waals surface area (Å²) in [7, 11) is 1.64. The second-order valence-corrected chi connectivity index (χ2v) is 7.22. The SMILES string of the molecule is COc1cccc(CNc2nccn3c([C@@H]4SC[C@@H](O)[C@H]4O)nnc23)c1. The smallest absolute Gasteiger partial charge is 0.203 e. The van der Waals surface area contributed by atoms with Gasteiger partial charge < -0.3 is 20.3 Å². The van der Waals surface area contributed by atoms with E-state index in [1.165, 1.54) is 11.8 Å². The van der Waals surface area contributed by atoms with Crippen LogP contribution < -0.4 is 10.1 Å². The third-order valence-corrected chi connectivity index (χ3v) is 5.74. The molecule has 26 heavy (non-hydrogen) atoms. The lowest BCUT2D eigenvalue weighted by Gasteiger charge is -2.14. The van der Waals surface area contributed by atoms with Crippen molar-refractivity contribution in [1.82, 2.24) is 19.6 Å². The van der Waals surface area contributed by atoms with E-state index >= 15 is 0 Å². The van der Waals surface area contributed by atoms with Crippen LogP contribution in [-0.2, 0) is 6.54 Å². The minimum Gasteiger partial charge on any atom is -0.497 e. The minimum absolute atomic E-state index is 0.311. The molecule has 3 heterocycles. The number of rotatable bonds is 5. The lowest BCUT2D eigenvalue weighted by atomic mass is 10.1. The number of hydrogen-bond acceptors (Lipinski definition) is 8. The molecule has 136 valence electrons. The largest absolute Gasteiger partial charge is 0.497 e. The van der Waals surface area contributed by atoms with E-state index in [1.807, 2.05) is 24.3 Å². The number of nitrogens with one attached hydrogen (secondary N) is 1. The normalized spacial score (nSPS) is 22.7. The number of aliphatic hydroxyl groups excluding tert-OH is 2. The van der Waals surface area contributed by atoms with Crippen molar-refractivity contribution in [2.24, 2.45) is 0 Å². The quantitative estimate of drug-likeness (QED) is 0.614. The summed E-state index contributed by atoms with van der Waals surface area (Å²) in [6.07, 6.45) is 1.83. The molecule has 1 aromatic carbocycles. The van der Waals surface area contributed by atoms with E-state index in [9.17, 15) is 10.2 Å². The first-order chi connectivity index (χ1) is 12.7. The Hall–Kier alpha value is -2.36. The van der Waals surface area contributed by atoms with E-state index in [2.05, 4.69) is 20.5 Å². The van der Waals surface area contributed by atoms with E-state index in [-0.39, 0.29) is 5.25 Å². The topological polar surface area (TPSA) is 105 Å². The van der Waals surface area contributed by atoms with Crippen molar-refractivity contribution in [3.63, 3.8) is 0 Å². The summed E-state index contributed by atoms with van der Waals surface area (Å²) in [5, 5.41) is 31.4. The molecule has 0 spiro atoms. The molecule has 0 radical (unpaired) electrons. The van der Waals surface area contributed by atoms with Crippen molar-refractivity contribution in [3.05, 3.63) is 48.0 Å². The van der Waals surface area contributed by atoms with Gasteiger partial charge in [0, 0.05) is 24.7 Å². The molecule has 1 aliphatic rings. The fourth-order valence-electron chi connectivity index (χ4n) is 2.96. The van der Waals surface area contributed by atoms with Crippen molar-refractivity contribution >= 4 is 23.2 Å². The van der Waals surface area contributed by atoms with Crippen molar-refractivity contribution in [2.75, 3.05) is 18.2 Å². The number of nitrogens with zero attached hydrogens (tertiary/aromatic N) is 4. The molecular weight excluding hydrogens is 354 g/mol. The molecule has 9 heteroatoms. The van der Waals surface area contributed by atoms with Crippen LogP contribution in [-0.4, -0.2) is 54.9 Å². The van der Waals surface area contributed by atoms with E-state index in [0.717, 1.165) is 11.3 Å². The Bertz CT molecular complexity index is 918. The molecule has 3 aromatic rings. The average molecular weight is 373 g/mol. The zero-order valence-corrected chi connectivity index (χ0v) is 14.9. The van der Waals surface area contributed by atoms with Crippen LogP contribution in [0.25, 0.3) is 5.65 Å². The Morgan fingerprint density at radius 1 is 1.35 bits per heavy atom. The van der Waals surface area contributed by atoms with Gasteiger partial charge in [-0.1, -0.05) is 12.1 Å². The molecule has 8 nitrogen and oxygen atoms in total. The highest BCUT2D eigenvalue weighted by Crippen LogP contribution is 2.39. The second-order valence-electron chi connectivity index (χ2n) is 6.04. The number of fused-ring (bicyclic) bond motifs is 1. The Balaban J connectivity index is 1.59. The van der Waals surface area contributed by atoms with Crippen LogP contribution in [0.2, 0.25) is 0 Å². The Morgan fingerprint density at radius 2 is 2.23 bits per heavy atom. The molecule has 3 atom stereocenters. The summed E-state index contributed by atoms with van der Waals surface area (Å²) >= 11 is 1.47. The van der Waals surface area contributed by atoms with Crippen LogP contribution in [0.1, 0.15) is 16.6 Å². The molecule has 0 unspecified atom stereocenters. The molecule has 1 fully saturated rings. The number of hydrogen-bond donors (Lipinski definition) is 3. The predicted octanol–water partition coefficient (Wildman–Crippen LogP) is 1.25. The molecule has 0 amide bonds. The predicted molar refractivity (Wildman–Crippen MR) is 98.3 cm³/mol. The molecule has 0 bridgehead atoms. The highest BCUT2D eigenvalue weighted by atomic mass is 32.2. The number of thioether (sulfide) groups is 1. The van der Waals surface area contributed by atoms with Crippen LogP contribution in [0, 0.1) is 0 Å². The standard InChI is InChI=1S/C17H19N5O3S/c1-25-11-4-2-3-10(7-11)8-19-15-17-21-20-16(22(17)6-5-18-15)14-13(24)12(23)9-26-14/h2-7,12-14,23-24H,8-9H2,1H3,(H,18,19)/t12-,13-,14-/m1/s1. The summed E-state index contributed by atoms with van der Waals surface area (Å²) in [5.41, 5.74) is 1.64. The maximum Gasteiger partial charge on any atom is 0.203 e. The fraction of sp³-hybridized carbons (Fsp3) is 0.353.